The van der Waals surface area contributed by atoms with Crippen LogP contribution in [0.2, 0.25) is 0 Å². The fraction of sp³-hybridized carbons (Fsp3) is 0.250. The Morgan fingerprint density at radius 2 is 1.94 bits per heavy atom. The summed E-state index contributed by atoms with van der Waals surface area (Å²) in [6, 6.07) is 10.1. The van der Waals surface area contributed by atoms with Crippen LogP contribution in [-0.4, -0.2) is 18.0 Å². The first-order valence-electron chi connectivity index (χ1n) is 5.56. The van der Waals surface area contributed by atoms with Gasteiger partial charge in [0.2, 0.25) is 0 Å². The van der Waals surface area contributed by atoms with E-state index in [-0.39, 0.29) is 5.03 Å². The quantitative estimate of drug-likeness (QED) is 0.793. The van der Waals surface area contributed by atoms with Crippen LogP contribution < -0.4 is 0 Å². The first kappa shape index (κ1) is 13.1. The standard InChI is InChI=1S/C12H13ClN2O2S/c13-18(16,17)12-9-15(10-14-12)8-4-7-11-5-2-1-3-6-11/h1-3,5-6,9-10H,4,7-8H2. The first-order valence-corrected chi connectivity index (χ1v) is 7.87. The summed E-state index contributed by atoms with van der Waals surface area (Å²) in [6.07, 6.45) is 4.80. The molecule has 0 spiro atoms. The Kier molecular flexibility index (Phi) is 4.04. The fourth-order valence-corrected chi connectivity index (χ4v) is 2.37. The lowest BCUT2D eigenvalue weighted by Crippen LogP contribution is -1.97. The molecule has 0 atom stereocenters. The Morgan fingerprint density at radius 3 is 2.56 bits per heavy atom. The number of aromatic nitrogens is 2. The number of halogens is 1. The zero-order chi connectivity index (χ0) is 13.0. The van der Waals surface area contributed by atoms with Gasteiger partial charge in [0, 0.05) is 23.4 Å². The van der Waals surface area contributed by atoms with Crippen molar-refractivity contribution in [2.45, 2.75) is 24.4 Å². The molecule has 0 aliphatic rings. The number of hydrogen-bond donors (Lipinski definition) is 0. The summed E-state index contributed by atoms with van der Waals surface area (Å²) in [5.41, 5.74) is 1.27. The number of aryl methyl sites for hydroxylation is 2. The Morgan fingerprint density at radius 1 is 1.22 bits per heavy atom. The van der Waals surface area contributed by atoms with Crippen molar-refractivity contribution >= 4 is 19.7 Å². The first-order chi connectivity index (χ1) is 8.55. The third-order valence-electron chi connectivity index (χ3n) is 2.58. The topological polar surface area (TPSA) is 52.0 Å². The third kappa shape index (κ3) is 3.58. The Balaban J connectivity index is 1.90. The number of nitrogens with zero attached hydrogens (tertiary/aromatic N) is 2. The number of hydrogen-bond acceptors (Lipinski definition) is 3. The van der Waals surface area contributed by atoms with Gasteiger partial charge in [0.25, 0.3) is 9.05 Å². The maximum absolute atomic E-state index is 11.0. The van der Waals surface area contributed by atoms with Gasteiger partial charge in [-0.05, 0) is 18.4 Å². The number of benzene rings is 1. The van der Waals surface area contributed by atoms with E-state index in [0.717, 1.165) is 12.8 Å². The Bertz CT molecular complexity index is 608. The zero-order valence-corrected chi connectivity index (χ0v) is 11.2. The van der Waals surface area contributed by atoms with E-state index in [9.17, 15) is 8.42 Å². The maximum Gasteiger partial charge on any atom is 0.280 e. The van der Waals surface area contributed by atoms with Crippen molar-refractivity contribution in [1.29, 1.82) is 0 Å². The molecule has 0 N–H and O–H groups in total. The van der Waals surface area contributed by atoms with Crippen LogP contribution in [0.3, 0.4) is 0 Å². The molecule has 1 aromatic heterocycles. The van der Waals surface area contributed by atoms with Gasteiger partial charge in [-0.2, -0.15) is 0 Å². The molecule has 0 aliphatic carbocycles. The van der Waals surface area contributed by atoms with E-state index >= 15 is 0 Å². The highest BCUT2D eigenvalue weighted by Gasteiger charge is 2.12. The minimum absolute atomic E-state index is 0.0936. The summed E-state index contributed by atoms with van der Waals surface area (Å²) in [5.74, 6) is 0. The summed E-state index contributed by atoms with van der Waals surface area (Å²) in [7, 11) is 1.48. The molecule has 0 saturated heterocycles. The fourth-order valence-electron chi connectivity index (χ4n) is 1.70. The molecule has 1 heterocycles. The molecule has 0 aliphatic heterocycles. The van der Waals surface area contributed by atoms with Crippen LogP contribution in [0.4, 0.5) is 0 Å². The van der Waals surface area contributed by atoms with E-state index < -0.39 is 9.05 Å². The van der Waals surface area contributed by atoms with E-state index in [1.807, 2.05) is 18.2 Å². The van der Waals surface area contributed by atoms with Crippen molar-refractivity contribution in [3.63, 3.8) is 0 Å². The molecule has 0 saturated carbocycles. The number of imidazole rings is 1. The lowest BCUT2D eigenvalue weighted by Gasteiger charge is -2.02. The molecule has 2 rings (SSSR count). The highest BCUT2D eigenvalue weighted by Crippen LogP contribution is 2.12. The minimum atomic E-state index is -3.72. The van der Waals surface area contributed by atoms with E-state index in [1.54, 1.807) is 4.57 Å². The molecule has 4 nitrogen and oxygen atoms in total. The number of rotatable bonds is 5. The van der Waals surface area contributed by atoms with Gasteiger partial charge < -0.3 is 4.57 Å². The van der Waals surface area contributed by atoms with E-state index in [1.165, 1.54) is 18.1 Å². The molecular formula is C12H13ClN2O2S. The average molecular weight is 285 g/mol. The molecular weight excluding hydrogens is 272 g/mol. The summed E-state index contributed by atoms with van der Waals surface area (Å²) in [6.45, 7) is 0.717. The van der Waals surface area contributed by atoms with Gasteiger partial charge in [-0.3, -0.25) is 0 Å². The lowest BCUT2D eigenvalue weighted by atomic mass is 10.1. The molecule has 18 heavy (non-hydrogen) atoms. The second-order valence-electron chi connectivity index (χ2n) is 3.98. The summed E-state index contributed by atoms with van der Waals surface area (Å²) >= 11 is 0. The van der Waals surface area contributed by atoms with Crippen LogP contribution in [0.25, 0.3) is 0 Å². The van der Waals surface area contributed by atoms with Gasteiger partial charge in [-0.1, -0.05) is 30.3 Å². The van der Waals surface area contributed by atoms with Gasteiger partial charge in [0.05, 0.1) is 6.33 Å². The molecule has 0 amide bonds. The average Bonchev–Trinajstić information content (AvgIpc) is 2.79. The third-order valence-corrected chi connectivity index (χ3v) is 3.77. The molecule has 0 fully saturated rings. The van der Waals surface area contributed by atoms with Crippen LogP contribution in [0.1, 0.15) is 12.0 Å². The molecule has 1 aromatic carbocycles. The van der Waals surface area contributed by atoms with Crippen LogP contribution >= 0.6 is 10.7 Å². The van der Waals surface area contributed by atoms with Gasteiger partial charge in [-0.15, -0.1) is 0 Å². The van der Waals surface area contributed by atoms with Crippen LogP contribution in [0.5, 0.6) is 0 Å². The predicted octanol–water partition coefficient (Wildman–Crippen LogP) is 2.44. The van der Waals surface area contributed by atoms with E-state index in [2.05, 4.69) is 17.1 Å². The van der Waals surface area contributed by atoms with E-state index in [0.29, 0.717) is 6.54 Å². The maximum atomic E-state index is 11.0. The van der Waals surface area contributed by atoms with Crippen LogP contribution in [0.15, 0.2) is 47.9 Å². The van der Waals surface area contributed by atoms with E-state index in [4.69, 9.17) is 10.7 Å². The van der Waals surface area contributed by atoms with Crippen LogP contribution in [-0.2, 0) is 22.0 Å². The van der Waals surface area contributed by atoms with Crippen molar-refractivity contribution in [1.82, 2.24) is 9.55 Å². The van der Waals surface area contributed by atoms with Crippen molar-refractivity contribution < 1.29 is 8.42 Å². The van der Waals surface area contributed by atoms with Crippen molar-refractivity contribution in [3.8, 4) is 0 Å². The summed E-state index contributed by atoms with van der Waals surface area (Å²) in [4.78, 5) is 3.76. The van der Waals surface area contributed by atoms with Gasteiger partial charge in [0.1, 0.15) is 0 Å². The predicted molar refractivity (Wildman–Crippen MR) is 70.0 cm³/mol. The van der Waals surface area contributed by atoms with Crippen molar-refractivity contribution in [3.05, 3.63) is 48.4 Å². The monoisotopic (exact) mass is 284 g/mol. The second-order valence-corrected chi connectivity index (χ2v) is 6.49. The molecule has 96 valence electrons. The molecule has 2 aromatic rings. The summed E-state index contributed by atoms with van der Waals surface area (Å²) in [5, 5.41) is -0.0936. The van der Waals surface area contributed by atoms with Gasteiger partial charge in [0.15, 0.2) is 5.03 Å². The molecule has 0 radical (unpaired) electrons. The molecule has 6 heteroatoms. The second kappa shape index (κ2) is 5.54. The normalized spacial score (nSPS) is 11.6. The summed E-state index contributed by atoms with van der Waals surface area (Å²) < 4.78 is 23.8. The minimum Gasteiger partial charge on any atom is -0.336 e. The van der Waals surface area contributed by atoms with Crippen molar-refractivity contribution in [2.24, 2.45) is 0 Å². The van der Waals surface area contributed by atoms with Crippen LogP contribution in [0, 0.1) is 0 Å². The largest absolute Gasteiger partial charge is 0.336 e. The zero-order valence-electron chi connectivity index (χ0n) is 9.66. The molecule has 0 bridgehead atoms. The SMILES string of the molecule is O=S(=O)(Cl)c1cn(CCCc2ccccc2)cn1. The highest BCUT2D eigenvalue weighted by molar-refractivity contribution is 8.13. The smallest absolute Gasteiger partial charge is 0.280 e. The lowest BCUT2D eigenvalue weighted by molar-refractivity contribution is 0.605. The highest BCUT2D eigenvalue weighted by atomic mass is 35.7. The Labute approximate surface area is 111 Å². The van der Waals surface area contributed by atoms with Gasteiger partial charge >= 0.3 is 0 Å². The molecule has 0 unspecified atom stereocenters. The van der Waals surface area contributed by atoms with Gasteiger partial charge in [-0.25, -0.2) is 13.4 Å². The van der Waals surface area contributed by atoms with Crippen molar-refractivity contribution in [2.75, 3.05) is 0 Å². The Hall–Kier alpha value is -1.33.